The minimum atomic E-state index is -0.253. The van der Waals surface area contributed by atoms with Crippen LogP contribution in [0.3, 0.4) is 0 Å². The molecule has 0 saturated carbocycles. The maximum Gasteiger partial charge on any atom is 0.271 e. The fourth-order valence-electron chi connectivity index (χ4n) is 1.34. The van der Waals surface area contributed by atoms with Crippen LogP contribution in [-0.2, 0) is 13.1 Å². The number of imidazole rings is 1. The second-order valence-electron chi connectivity index (χ2n) is 3.45. The second kappa shape index (κ2) is 5.26. The van der Waals surface area contributed by atoms with Gasteiger partial charge >= 0.3 is 0 Å². The van der Waals surface area contributed by atoms with Crippen molar-refractivity contribution in [3.05, 3.63) is 36.2 Å². The van der Waals surface area contributed by atoms with E-state index in [0.717, 1.165) is 0 Å². The smallest absolute Gasteiger partial charge is 0.271 e. The summed E-state index contributed by atoms with van der Waals surface area (Å²) in [4.78, 5) is 15.7. The van der Waals surface area contributed by atoms with Crippen molar-refractivity contribution in [2.45, 2.75) is 13.1 Å². The number of carbonyl (C=O) groups is 1. The van der Waals surface area contributed by atoms with Gasteiger partial charge in [0, 0.05) is 25.4 Å². The number of aromatic nitrogens is 3. The van der Waals surface area contributed by atoms with Crippen molar-refractivity contribution in [2.24, 2.45) is 5.73 Å². The van der Waals surface area contributed by atoms with E-state index < -0.39 is 0 Å². The number of carbonyl (C=O) groups excluding carboxylic acids is 1. The van der Waals surface area contributed by atoms with E-state index in [4.69, 9.17) is 10.3 Å². The summed E-state index contributed by atoms with van der Waals surface area (Å²) < 4.78 is 6.62. The Bertz CT molecular complexity index is 477. The van der Waals surface area contributed by atoms with E-state index in [0.29, 0.717) is 31.1 Å². The quantitative estimate of drug-likeness (QED) is 0.745. The lowest BCUT2D eigenvalue weighted by atomic mass is 10.4. The van der Waals surface area contributed by atoms with E-state index in [2.05, 4.69) is 15.5 Å². The van der Waals surface area contributed by atoms with Crippen molar-refractivity contribution in [3.8, 4) is 0 Å². The minimum Gasteiger partial charge on any atom is -0.360 e. The molecule has 0 unspecified atom stereocenters. The van der Waals surface area contributed by atoms with Crippen LogP contribution in [-0.4, -0.2) is 27.2 Å². The Morgan fingerprint density at radius 2 is 2.47 bits per heavy atom. The molecule has 7 heteroatoms. The summed E-state index contributed by atoms with van der Waals surface area (Å²) in [5, 5.41) is 6.22. The average Bonchev–Trinajstić information content (AvgIpc) is 2.97. The van der Waals surface area contributed by atoms with E-state index in [-0.39, 0.29) is 5.91 Å². The Morgan fingerprint density at radius 1 is 1.59 bits per heavy atom. The van der Waals surface area contributed by atoms with Gasteiger partial charge in [0.25, 0.3) is 5.91 Å². The van der Waals surface area contributed by atoms with Gasteiger partial charge in [-0.25, -0.2) is 4.98 Å². The second-order valence-corrected chi connectivity index (χ2v) is 3.45. The van der Waals surface area contributed by atoms with Crippen LogP contribution in [0.5, 0.6) is 0 Å². The van der Waals surface area contributed by atoms with E-state index in [1.807, 2.05) is 0 Å². The highest BCUT2D eigenvalue weighted by Gasteiger charge is 2.09. The summed E-state index contributed by atoms with van der Waals surface area (Å²) in [6.07, 6.45) is 4.76. The van der Waals surface area contributed by atoms with Crippen molar-refractivity contribution < 1.29 is 9.32 Å². The standard InChI is InChI=1S/C10H13N5O2/c11-2-4-15-6-9(13-7-15)10(16)12-5-8-1-3-14-17-8/h1,3,6-7H,2,4-5,11H2,(H,12,16). The van der Waals surface area contributed by atoms with Crippen LogP contribution in [0.25, 0.3) is 0 Å². The van der Waals surface area contributed by atoms with Crippen molar-refractivity contribution in [3.63, 3.8) is 0 Å². The van der Waals surface area contributed by atoms with Crippen LogP contribution in [0, 0.1) is 0 Å². The molecule has 0 saturated heterocycles. The normalized spacial score (nSPS) is 10.4. The zero-order valence-electron chi connectivity index (χ0n) is 9.17. The van der Waals surface area contributed by atoms with Crippen LogP contribution in [0.4, 0.5) is 0 Å². The first-order valence-electron chi connectivity index (χ1n) is 5.19. The van der Waals surface area contributed by atoms with Crippen molar-refractivity contribution >= 4 is 5.91 Å². The number of nitrogens with two attached hydrogens (primary N) is 1. The van der Waals surface area contributed by atoms with Gasteiger partial charge in [-0.05, 0) is 0 Å². The molecule has 0 bridgehead atoms. The minimum absolute atomic E-state index is 0.253. The number of hydrogen-bond acceptors (Lipinski definition) is 5. The van der Waals surface area contributed by atoms with E-state index in [9.17, 15) is 4.79 Å². The third-order valence-corrected chi connectivity index (χ3v) is 2.17. The highest BCUT2D eigenvalue weighted by atomic mass is 16.5. The molecule has 2 aromatic heterocycles. The van der Waals surface area contributed by atoms with Crippen molar-refractivity contribution in [1.29, 1.82) is 0 Å². The molecule has 3 N–H and O–H groups in total. The van der Waals surface area contributed by atoms with Crippen LogP contribution < -0.4 is 11.1 Å². The Labute approximate surface area is 97.6 Å². The van der Waals surface area contributed by atoms with Gasteiger partial charge in [-0.2, -0.15) is 0 Å². The first kappa shape index (κ1) is 11.3. The molecule has 0 atom stereocenters. The summed E-state index contributed by atoms with van der Waals surface area (Å²) in [6, 6.07) is 1.69. The Morgan fingerprint density at radius 3 is 3.18 bits per heavy atom. The molecule has 90 valence electrons. The third-order valence-electron chi connectivity index (χ3n) is 2.17. The van der Waals surface area contributed by atoms with Crippen molar-refractivity contribution in [2.75, 3.05) is 6.54 Å². The number of hydrogen-bond donors (Lipinski definition) is 2. The van der Waals surface area contributed by atoms with E-state index in [1.165, 1.54) is 6.20 Å². The Kier molecular flexibility index (Phi) is 3.51. The number of nitrogens with one attached hydrogen (secondary N) is 1. The lowest BCUT2D eigenvalue weighted by Gasteiger charge is -1.99. The average molecular weight is 235 g/mol. The van der Waals surface area contributed by atoms with Gasteiger partial charge in [0.2, 0.25) is 0 Å². The Balaban J connectivity index is 1.90. The lowest BCUT2D eigenvalue weighted by molar-refractivity contribution is 0.0942. The predicted octanol–water partition coefficient (Wildman–Crippen LogP) is -0.240. The molecule has 0 spiro atoms. The molecule has 0 aromatic carbocycles. The molecule has 7 nitrogen and oxygen atoms in total. The molecular weight excluding hydrogens is 222 g/mol. The highest BCUT2D eigenvalue weighted by molar-refractivity contribution is 5.91. The first-order chi connectivity index (χ1) is 8.29. The molecule has 1 amide bonds. The fourth-order valence-corrected chi connectivity index (χ4v) is 1.34. The topological polar surface area (TPSA) is 99.0 Å². The molecule has 0 aliphatic heterocycles. The van der Waals surface area contributed by atoms with E-state index >= 15 is 0 Å². The molecule has 0 aliphatic rings. The largest absolute Gasteiger partial charge is 0.360 e. The summed E-state index contributed by atoms with van der Waals surface area (Å²) in [7, 11) is 0. The third kappa shape index (κ3) is 2.91. The van der Waals surface area contributed by atoms with Crippen molar-refractivity contribution in [1.82, 2.24) is 20.0 Å². The van der Waals surface area contributed by atoms with Gasteiger partial charge in [-0.1, -0.05) is 5.16 Å². The predicted molar refractivity (Wildman–Crippen MR) is 59.0 cm³/mol. The lowest BCUT2D eigenvalue weighted by Crippen LogP contribution is -2.22. The highest BCUT2D eigenvalue weighted by Crippen LogP contribution is 1.99. The zero-order valence-corrected chi connectivity index (χ0v) is 9.17. The summed E-state index contributed by atoms with van der Waals surface area (Å²) >= 11 is 0. The SMILES string of the molecule is NCCn1cnc(C(=O)NCc2ccno2)c1. The van der Waals surface area contributed by atoms with Gasteiger partial charge in [-0.15, -0.1) is 0 Å². The summed E-state index contributed by atoms with van der Waals surface area (Å²) in [6.45, 7) is 1.44. The summed E-state index contributed by atoms with van der Waals surface area (Å²) in [5.74, 6) is 0.344. The van der Waals surface area contributed by atoms with Crippen LogP contribution in [0.1, 0.15) is 16.2 Å². The van der Waals surface area contributed by atoms with E-state index in [1.54, 1.807) is 23.2 Å². The molecule has 2 rings (SSSR count). The molecule has 2 aromatic rings. The number of amides is 1. The molecular formula is C10H13N5O2. The Hall–Kier alpha value is -2.15. The monoisotopic (exact) mass is 235 g/mol. The van der Waals surface area contributed by atoms with Gasteiger partial charge in [0.05, 0.1) is 19.1 Å². The van der Waals surface area contributed by atoms with Crippen LogP contribution in [0.15, 0.2) is 29.3 Å². The van der Waals surface area contributed by atoms with Gasteiger partial charge in [-0.3, -0.25) is 4.79 Å². The maximum atomic E-state index is 11.7. The maximum absolute atomic E-state index is 11.7. The van der Waals surface area contributed by atoms with Crippen LogP contribution in [0.2, 0.25) is 0 Å². The first-order valence-corrected chi connectivity index (χ1v) is 5.19. The number of rotatable bonds is 5. The number of nitrogens with zero attached hydrogens (tertiary/aromatic N) is 3. The molecule has 17 heavy (non-hydrogen) atoms. The molecule has 0 aliphatic carbocycles. The van der Waals surface area contributed by atoms with Gasteiger partial charge in [0.15, 0.2) is 5.76 Å². The zero-order chi connectivity index (χ0) is 12.1. The summed E-state index contributed by atoms with van der Waals surface area (Å²) in [5.41, 5.74) is 5.76. The van der Waals surface area contributed by atoms with Gasteiger partial charge < -0.3 is 20.1 Å². The van der Waals surface area contributed by atoms with Gasteiger partial charge in [0.1, 0.15) is 5.69 Å². The molecule has 2 heterocycles. The fraction of sp³-hybridized carbons (Fsp3) is 0.300. The molecule has 0 fully saturated rings. The van der Waals surface area contributed by atoms with Crippen LogP contribution >= 0.6 is 0 Å². The molecule has 0 radical (unpaired) electrons.